The van der Waals surface area contributed by atoms with Gasteiger partial charge in [-0.05, 0) is 19.1 Å². The van der Waals surface area contributed by atoms with Crippen LogP contribution >= 0.6 is 0 Å². The van der Waals surface area contributed by atoms with Gasteiger partial charge < -0.3 is 9.84 Å². The summed E-state index contributed by atoms with van der Waals surface area (Å²) in [5.74, 6) is -1.46. The molecule has 0 saturated carbocycles. The van der Waals surface area contributed by atoms with Crippen LogP contribution in [0, 0.1) is 0 Å². The molecule has 0 aliphatic heterocycles. The Kier molecular flexibility index (Phi) is 8.06. The second-order valence-corrected chi connectivity index (χ2v) is 8.05. The number of hydrogen-bond acceptors (Lipinski definition) is 7. The fourth-order valence-electron chi connectivity index (χ4n) is 3.70. The van der Waals surface area contributed by atoms with Gasteiger partial charge in [0.2, 0.25) is 0 Å². The largest absolute Gasteiger partial charge is 0.477 e. The Labute approximate surface area is 224 Å². The standard InChI is InChI=1S/C15H13N3O2.C13H9N3O2.CH4/c1-2-20-15(19)12-8-9-18-14(16-12)10-13(17-18)11-6-4-3-5-7-11;17-13(18)10-6-7-16-12(14-10)8-11(15-16)9-4-2-1-3-5-9;/h3-10H,2H2,1H3;1-8H,(H,17,18);1H4. The topological polar surface area (TPSA) is 124 Å². The number of rotatable bonds is 5. The van der Waals surface area contributed by atoms with Gasteiger partial charge in [0.15, 0.2) is 22.7 Å². The van der Waals surface area contributed by atoms with Gasteiger partial charge in [-0.3, -0.25) is 0 Å². The summed E-state index contributed by atoms with van der Waals surface area (Å²) in [7, 11) is 0. The van der Waals surface area contributed by atoms with E-state index in [0.29, 0.717) is 23.6 Å². The van der Waals surface area contributed by atoms with E-state index in [9.17, 15) is 9.59 Å². The Morgan fingerprint density at radius 2 is 1.21 bits per heavy atom. The smallest absolute Gasteiger partial charge is 0.357 e. The van der Waals surface area contributed by atoms with Gasteiger partial charge in [0, 0.05) is 35.7 Å². The van der Waals surface area contributed by atoms with Crippen molar-refractivity contribution < 1.29 is 19.4 Å². The fraction of sp³-hybridized carbons (Fsp3) is 0.103. The van der Waals surface area contributed by atoms with E-state index in [1.165, 1.54) is 6.07 Å². The molecule has 0 radical (unpaired) electrons. The lowest BCUT2D eigenvalue weighted by Crippen LogP contribution is -2.07. The Balaban J connectivity index is 0.000000177. The van der Waals surface area contributed by atoms with Crippen molar-refractivity contribution in [2.75, 3.05) is 6.61 Å². The Morgan fingerprint density at radius 1 is 0.744 bits per heavy atom. The summed E-state index contributed by atoms with van der Waals surface area (Å²) in [4.78, 5) is 30.8. The lowest BCUT2D eigenvalue weighted by Gasteiger charge is -2.00. The highest BCUT2D eigenvalue weighted by Crippen LogP contribution is 2.19. The molecule has 0 saturated heterocycles. The number of benzene rings is 2. The first-order valence-corrected chi connectivity index (χ1v) is 11.8. The van der Waals surface area contributed by atoms with Crippen molar-refractivity contribution in [3.05, 3.63) is 109 Å². The SMILES string of the molecule is C.CCOC(=O)c1ccn2nc(-c3ccccc3)cc2n1.O=C(O)c1ccn2nc(-c3ccccc3)cc2n1. The van der Waals surface area contributed by atoms with Gasteiger partial charge in [0.05, 0.1) is 18.0 Å². The van der Waals surface area contributed by atoms with Crippen LogP contribution in [-0.4, -0.2) is 52.8 Å². The van der Waals surface area contributed by atoms with E-state index in [0.717, 1.165) is 22.5 Å². The van der Waals surface area contributed by atoms with Gasteiger partial charge >= 0.3 is 11.9 Å². The zero-order valence-electron chi connectivity index (χ0n) is 20.3. The number of carboxylic acids is 1. The van der Waals surface area contributed by atoms with Crippen LogP contribution in [0.25, 0.3) is 33.8 Å². The molecule has 6 aromatic rings. The highest BCUT2D eigenvalue weighted by atomic mass is 16.5. The first-order chi connectivity index (χ1) is 18.5. The minimum atomic E-state index is -1.04. The molecule has 6 rings (SSSR count). The lowest BCUT2D eigenvalue weighted by atomic mass is 10.2. The molecule has 0 atom stereocenters. The molecule has 4 heterocycles. The van der Waals surface area contributed by atoms with Crippen LogP contribution in [0.5, 0.6) is 0 Å². The molecule has 0 aliphatic carbocycles. The minimum absolute atomic E-state index is 0. The summed E-state index contributed by atoms with van der Waals surface area (Å²) in [5.41, 5.74) is 5.02. The lowest BCUT2D eigenvalue weighted by molar-refractivity contribution is 0.0519. The second kappa shape index (κ2) is 11.8. The summed E-state index contributed by atoms with van der Waals surface area (Å²) >= 11 is 0. The van der Waals surface area contributed by atoms with Crippen molar-refractivity contribution in [1.29, 1.82) is 0 Å². The van der Waals surface area contributed by atoms with Gasteiger partial charge in [-0.2, -0.15) is 10.2 Å². The van der Waals surface area contributed by atoms with Gasteiger partial charge in [-0.15, -0.1) is 0 Å². The van der Waals surface area contributed by atoms with Crippen LogP contribution < -0.4 is 0 Å². The van der Waals surface area contributed by atoms with Crippen molar-refractivity contribution in [3.8, 4) is 22.5 Å². The van der Waals surface area contributed by atoms with E-state index < -0.39 is 11.9 Å². The van der Waals surface area contributed by atoms with Crippen molar-refractivity contribution in [2.45, 2.75) is 14.4 Å². The van der Waals surface area contributed by atoms with Crippen molar-refractivity contribution >= 4 is 23.2 Å². The number of hydrogen-bond donors (Lipinski definition) is 1. The molecule has 10 heteroatoms. The van der Waals surface area contributed by atoms with Crippen LogP contribution in [0.3, 0.4) is 0 Å². The molecule has 0 bridgehead atoms. The number of carbonyl (C=O) groups is 2. The van der Waals surface area contributed by atoms with E-state index in [1.54, 1.807) is 40.5 Å². The summed E-state index contributed by atoms with van der Waals surface area (Å²) in [6.45, 7) is 2.10. The quantitative estimate of drug-likeness (QED) is 0.302. The number of ether oxygens (including phenoxy) is 1. The van der Waals surface area contributed by atoms with E-state index in [-0.39, 0.29) is 13.1 Å². The third kappa shape index (κ3) is 5.96. The maximum Gasteiger partial charge on any atom is 0.357 e. The molecule has 4 aromatic heterocycles. The van der Waals surface area contributed by atoms with Crippen LogP contribution in [0.1, 0.15) is 35.3 Å². The van der Waals surface area contributed by atoms with Gasteiger partial charge in [0.1, 0.15) is 0 Å². The Hall–Kier alpha value is -5.38. The van der Waals surface area contributed by atoms with Crippen molar-refractivity contribution in [1.82, 2.24) is 29.2 Å². The van der Waals surface area contributed by atoms with E-state index in [4.69, 9.17) is 9.84 Å². The average molecular weight is 523 g/mol. The first-order valence-electron chi connectivity index (χ1n) is 11.8. The Morgan fingerprint density at radius 3 is 1.67 bits per heavy atom. The van der Waals surface area contributed by atoms with Gasteiger partial charge in [0.25, 0.3) is 0 Å². The number of carboxylic acid groups (broad SMARTS) is 1. The molecule has 0 fully saturated rings. The predicted octanol–water partition coefficient (Wildman–Crippen LogP) is 5.30. The summed E-state index contributed by atoms with van der Waals surface area (Å²) in [5, 5.41) is 17.7. The van der Waals surface area contributed by atoms with Crippen molar-refractivity contribution in [2.24, 2.45) is 0 Å². The molecular weight excluding hydrogens is 496 g/mol. The molecule has 0 unspecified atom stereocenters. The minimum Gasteiger partial charge on any atom is -0.477 e. The third-order valence-corrected chi connectivity index (χ3v) is 5.49. The first kappa shape index (κ1) is 26.7. The van der Waals surface area contributed by atoms with Gasteiger partial charge in [-0.1, -0.05) is 68.1 Å². The van der Waals surface area contributed by atoms with Crippen LogP contribution in [-0.2, 0) is 4.74 Å². The summed E-state index contributed by atoms with van der Waals surface area (Å²) in [6, 6.07) is 26.1. The van der Waals surface area contributed by atoms with E-state index in [2.05, 4.69) is 20.2 Å². The number of aromatic carboxylic acids is 1. The molecular formula is C29H26N6O4. The number of esters is 1. The molecule has 1 N–H and O–H groups in total. The third-order valence-electron chi connectivity index (χ3n) is 5.49. The highest BCUT2D eigenvalue weighted by Gasteiger charge is 2.12. The maximum absolute atomic E-state index is 11.7. The average Bonchev–Trinajstić information content (AvgIpc) is 3.58. The maximum atomic E-state index is 11.7. The highest BCUT2D eigenvalue weighted by molar-refractivity contribution is 5.88. The van der Waals surface area contributed by atoms with Crippen LogP contribution in [0.15, 0.2) is 97.3 Å². The second-order valence-electron chi connectivity index (χ2n) is 8.05. The zero-order valence-corrected chi connectivity index (χ0v) is 20.3. The number of nitrogens with zero attached hydrogens (tertiary/aromatic N) is 6. The number of fused-ring (bicyclic) bond motifs is 2. The Bertz CT molecular complexity index is 1730. The van der Waals surface area contributed by atoms with Crippen molar-refractivity contribution in [3.63, 3.8) is 0 Å². The van der Waals surface area contributed by atoms with E-state index >= 15 is 0 Å². The molecule has 196 valence electrons. The molecule has 10 nitrogen and oxygen atoms in total. The van der Waals surface area contributed by atoms with E-state index in [1.807, 2.05) is 66.7 Å². The normalized spacial score (nSPS) is 10.4. The summed E-state index contributed by atoms with van der Waals surface area (Å²) in [6.07, 6.45) is 3.30. The van der Waals surface area contributed by atoms with Crippen LogP contribution in [0.4, 0.5) is 0 Å². The molecule has 0 aliphatic rings. The monoisotopic (exact) mass is 522 g/mol. The zero-order chi connectivity index (χ0) is 26.5. The number of aromatic nitrogens is 6. The van der Waals surface area contributed by atoms with Crippen LogP contribution in [0.2, 0.25) is 0 Å². The molecule has 0 amide bonds. The summed E-state index contributed by atoms with van der Waals surface area (Å²) < 4.78 is 8.15. The van der Waals surface area contributed by atoms with Gasteiger partial charge in [-0.25, -0.2) is 28.6 Å². The fourth-order valence-corrected chi connectivity index (χ4v) is 3.70. The number of carbonyl (C=O) groups excluding carboxylic acids is 1. The molecule has 0 spiro atoms. The molecule has 2 aromatic carbocycles. The molecule has 39 heavy (non-hydrogen) atoms. The predicted molar refractivity (Wildman–Crippen MR) is 146 cm³/mol.